The molecule has 2 aliphatic heterocycles. The summed E-state index contributed by atoms with van der Waals surface area (Å²) in [7, 11) is 0. The normalized spacial score (nSPS) is 22.8. The van der Waals surface area contributed by atoms with Crippen LogP contribution in [0.3, 0.4) is 0 Å². The zero-order valence-corrected chi connectivity index (χ0v) is 10.6. The van der Waals surface area contributed by atoms with Gasteiger partial charge >= 0.3 is 0 Å². The van der Waals surface area contributed by atoms with Gasteiger partial charge in [0.1, 0.15) is 0 Å². The SMILES string of the molecule is CCC1CN(c2cnn(C3CCNCC3)c2)C1. The van der Waals surface area contributed by atoms with Crippen molar-refractivity contribution in [1.82, 2.24) is 15.1 Å². The van der Waals surface area contributed by atoms with E-state index in [1.165, 1.54) is 38.0 Å². The van der Waals surface area contributed by atoms with Crippen LogP contribution in [0, 0.1) is 5.92 Å². The molecule has 0 atom stereocenters. The van der Waals surface area contributed by atoms with Crippen molar-refractivity contribution in [1.29, 1.82) is 0 Å². The summed E-state index contributed by atoms with van der Waals surface area (Å²) in [5.41, 5.74) is 1.31. The van der Waals surface area contributed by atoms with Gasteiger partial charge in [-0.3, -0.25) is 4.68 Å². The van der Waals surface area contributed by atoms with Gasteiger partial charge in [-0.15, -0.1) is 0 Å². The fourth-order valence-electron chi connectivity index (χ4n) is 2.80. The third kappa shape index (κ3) is 2.18. The van der Waals surface area contributed by atoms with Crippen LogP contribution in [0.4, 0.5) is 5.69 Å². The highest BCUT2D eigenvalue weighted by Crippen LogP contribution is 2.27. The van der Waals surface area contributed by atoms with Crippen LogP contribution in [0.25, 0.3) is 0 Å². The number of piperidine rings is 1. The van der Waals surface area contributed by atoms with Crippen molar-refractivity contribution < 1.29 is 0 Å². The largest absolute Gasteiger partial charge is 0.368 e. The van der Waals surface area contributed by atoms with Crippen LogP contribution in [0.5, 0.6) is 0 Å². The molecule has 0 unspecified atom stereocenters. The summed E-state index contributed by atoms with van der Waals surface area (Å²) in [6, 6.07) is 0.605. The lowest BCUT2D eigenvalue weighted by atomic mass is 9.97. The monoisotopic (exact) mass is 234 g/mol. The molecule has 17 heavy (non-hydrogen) atoms. The zero-order valence-electron chi connectivity index (χ0n) is 10.6. The molecule has 1 aromatic heterocycles. The maximum Gasteiger partial charge on any atom is 0.0752 e. The Morgan fingerprint density at radius 3 is 2.82 bits per heavy atom. The van der Waals surface area contributed by atoms with E-state index >= 15 is 0 Å². The van der Waals surface area contributed by atoms with Crippen molar-refractivity contribution in [2.24, 2.45) is 5.92 Å². The fourth-order valence-corrected chi connectivity index (χ4v) is 2.80. The maximum absolute atomic E-state index is 4.54. The Morgan fingerprint density at radius 2 is 2.12 bits per heavy atom. The molecule has 4 heteroatoms. The van der Waals surface area contributed by atoms with E-state index in [-0.39, 0.29) is 0 Å². The van der Waals surface area contributed by atoms with Crippen LogP contribution in [0.15, 0.2) is 12.4 Å². The summed E-state index contributed by atoms with van der Waals surface area (Å²) in [6.45, 7) is 6.96. The van der Waals surface area contributed by atoms with Gasteiger partial charge < -0.3 is 10.2 Å². The first-order valence-corrected chi connectivity index (χ1v) is 6.86. The van der Waals surface area contributed by atoms with E-state index in [1.54, 1.807) is 0 Å². The Hall–Kier alpha value is -1.03. The summed E-state index contributed by atoms with van der Waals surface area (Å²) in [5, 5.41) is 7.94. The number of hydrogen-bond acceptors (Lipinski definition) is 3. The van der Waals surface area contributed by atoms with E-state index in [0.29, 0.717) is 6.04 Å². The van der Waals surface area contributed by atoms with Gasteiger partial charge in [0.2, 0.25) is 0 Å². The van der Waals surface area contributed by atoms with Crippen LogP contribution in [0.2, 0.25) is 0 Å². The van der Waals surface area contributed by atoms with Gasteiger partial charge in [-0.05, 0) is 38.3 Å². The van der Waals surface area contributed by atoms with Crippen molar-refractivity contribution >= 4 is 5.69 Å². The molecule has 2 aliphatic rings. The van der Waals surface area contributed by atoms with Crippen molar-refractivity contribution in [2.45, 2.75) is 32.2 Å². The van der Waals surface area contributed by atoms with E-state index in [9.17, 15) is 0 Å². The number of aromatic nitrogens is 2. The van der Waals surface area contributed by atoms with Gasteiger partial charge in [-0.2, -0.15) is 5.10 Å². The second-order valence-corrected chi connectivity index (χ2v) is 5.34. The smallest absolute Gasteiger partial charge is 0.0752 e. The molecule has 0 amide bonds. The molecule has 0 radical (unpaired) electrons. The summed E-state index contributed by atoms with van der Waals surface area (Å²) >= 11 is 0. The molecule has 1 aromatic rings. The van der Waals surface area contributed by atoms with Crippen LogP contribution < -0.4 is 10.2 Å². The Morgan fingerprint density at radius 1 is 1.35 bits per heavy atom. The molecule has 0 aromatic carbocycles. The molecule has 0 saturated carbocycles. The molecule has 0 aliphatic carbocycles. The fraction of sp³-hybridized carbons (Fsp3) is 0.769. The first-order valence-electron chi connectivity index (χ1n) is 6.86. The Labute approximate surface area is 103 Å². The standard InChI is InChI=1S/C13H22N4/c1-2-11-8-16(9-11)13-7-15-17(10-13)12-3-5-14-6-4-12/h7,10-12,14H,2-6,8-9H2,1H3. The molecule has 0 spiro atoms. The van der Waals surface area contributed by atoms with Crippen LogP contribution in [-0.2, 0) is 0 Å². The van der Waals surface area contributed by atoms with Crippen LogP contribution in [0.1, 0.15) is 32.2 Å². The summed E-state index contributed by atoms with van der Waals surface area (Å²) < 4.78 is 2.18. The average Bonchev–Trinajstić information content (AvgIpc) is 2.78. The molecule has 94 valence electrons. The highest BCUT2D eigenvalue weighted by molar-refractivity contribution is 5.45. The minimum Gasteiger partial charge on any atom is -0.368 e. The van der Waals surface area contributed by atoms with Gasteiger partial charge in [-0.1, -0.05) is 6.92 Å². The number of hydrogen-bond donors (Lipinski definition) is 1. The highest BCUT2D eigenvalue weighted by Gasteiger charge is 2.26. The number of nitrogens with one attached hydrogen (secondary N) is 1. The second-order valence-electron chi connectivity index (χ2n) is 5.34. The lowest BCUT2D eigenvalue weighted by Gasteiger charge is -2.39. The third-order valence-electron chi connectivity index (χ3n) is 4.17. The topological polar surface area (TPSA) is 33.1 Å². The summed E-state index contributed by atoms with van der Waals surface area (Å²) in [4.78, 5) is 2.44. The maximum atomic E-state index is 4.54. The van der Waals surface area contributed by atoms with Crippen molar-refractivity contribution in [3.8, 4) is 0 Å². The van der Waals surface area contributed by atoms with E-state index in [2.05, 4.69) is 33.1 Å². The molecule has 3 heterocycles. The molecule has 0 bridgehead atoms. The molecule has 2 fully saturated rings. The summed E-state index contributed by atoms with van der Waals surface area (Å²) in [6.07, 6.45) is 7.99. The molecule has 1 N–H and O–H groups in total. The zero-order chi connectivity index (χ0) is 11.7. The van der Waals surface area contributed by atoms with E-state index < -0.39 is 0 Å². The van der Waals surface area contributed by atoms with Crippen molar-refractivity contribution in [3.05, 3.63) is 12.4 Å². The average molecular weight is 234 g/mol. The number of nitrogens with zero attached hydrogens (tertiary/aromatic N) is 3. The number of rotatable bonds is 3. The van der Waals surface area contributed by atoms with E-state index in [0.717, 1.165) is 19.0 Å². The number of anilines is 1. The van der Waals surface area contributed by atoms with Gasteiger partial charge in [0.15, 0.2) is 0 Å². The predicted octanol–water partition coefficient (Wildman–Crippen LogP) is 1.65. The lowest BCUT2D eigenvalue weighted by molar-refractivity contribution is 0.342. The first-order chi connectivity index (χ1) is 8.36. The molecule has 3 rings (SSSR count). The third-order valence-corrected chi connectivity index (χ3v) is 4.17. The van der Waals surface area contributed by atoms with E-state index in [1.807, 2.05) is 6.20 Å². The van der Waals surface area contributed by atoms with E-state index in [4.69, 9.17) is 0 Å². The van der Waals surface area contributed by atoms with Gasteiger partial charge in [0, 0.05) is 19.3 Å². The Bertz CT molecular complexity index is 361. The molecule has 2 saturated heterocycles. The summed E-state index contributed by atoms with van der Waals surface area (Å²) in [5.74, 6) is 0.900. The van der Waals surface area contributed by atoms with Gasteiger partial charge in [-0.25, -0.2) is 0 Å². The Kier molecular flexibility index (Phi) is 3.05. The van der Waals surface area contributed by atoms with Crippen LogP contribution in [-0.4, -0.2) is 36.0 Å². The lowest BCUT2D eigenvalue weighted by Crippen LogP contribution is -2.46. The van der Waals surface area contributed by atoms with Crippen molar-refractivity contribution in [2.75, 3.05) is 31.1 Å². The molecular weight excluding hydrogens is 212 g/mol. The van der Waals surface area contributed by atoms with Crippen LogP contribution >= 0.6 is 0 Å². The van der Waals surface area contributed by atoms with Crippen molar-refractivity contribution in [3.63, 3.8) is 0 Å². The molecular formula is C13H22N4. The second kappa shape index (κ2) is 4.69. The van der Waals surface area contributed by atoms with Gasteiger partial charge in [0.05, 0.1) is 17.9 Å². The first kappa shape index (κ1) is 11.1. The van der Waals surface area contributed by atoms with Gasteiger partial charge in [0.25, 0.3) is 0 Å². The quantitative estimate of drug-likeness (QED) is 0.863. The highest BCUT2D eigenvalue weighted by atomic mass is 15.3. The Balaban J connectivity index is 1.62. The minimum absolute atomic E-state index is 0.605. The predicted molar refractivity (Wildman–Crippen MR) is 69.4 cm³/mol. The molecule has 4 nitrogen and oxygen atoms in total. The minimum atomic E-state index is 0.605.